The Kier molecular flexibility index (Phi) is 5.57. The van der Waals surface area contributed by atoms with Crippen LogP contribution in [0.25, 0.3) is 0 Å². The summed E-state index contributed by atoms with van der Waals surface area (Å²) in [5, 5.41) is 12.5. The Balaban J connectivity index is 2.46. The number of likely N-dealkylation sites (N-methyl/N-ethyl adjacent to an activating group) is 1. The molecule has 0 saturated carbocycles. The SMILES string of the molecule is CCN(CC)CCNC1(C#N)CCS(=O)(=O)CC1. The first-order valence-corrected chi connectivity index (χ1v) is 8.38. The van der Waals surface area contributed by atoms with Crippen molar-refractivity contribution in [3.8, 4) is 6.07 Å². The predicted octanol–water partition coefficient (Wildman–Crippen LogP) is 0.389. The minimum Gasteiger partial charge on any atom is -0.303 e. The summed E-state index contributed by atoms with van der Waals surface area (Å²) in [5.41, 5.74) is -0.640. The highest BCUT2D eigenvalue weighted by Gasteiger charge is 2.36. The number of rotatable bonds is 6. The normalized spacial score (nSPS) is 21.7. The quantitative estimate of drug-likeness (QED) is 0.758. The van der Waals surface area contributed by atoms with Gasteiger partial charge in [0.1, 0.15) is 5.54 Å². The monoisotopic (exact) mass is 273 g/mol. The zero-order valence-corrected chi connectivity index (χ0v) is 12.1. The molecule has 1 aliphatic heterocycles. The summed E-state index contributed by atoms with van der Waals surface area (Å²) in [6.45, 7) is 7.82. The van der Waals surface area contributed by atoms with Crippen LogP contribution in [0.1, 0.15) is 26.7 Å². The van der Waals surface area contributed by atoms with Crippen LogP contribution in [0.15, 0.2) is 0 Å². The fourth-order valence-electron chi connectivity index (χ4n) is 2.21. The Morgan fingerprint density at radius 1 is 1.28 bits per heavy atom. The Morgan fingerprint density at radius 3 is 2.28 bits per heavy atom. The summed E-state index contributed by atoms with van der Waals surface area (Å²) in [6.07, 6.45) is 0.814. The van der Waals surface area contributed by atoms with Crippen molar-refractivity contribution in [2.24, 2.45) is 0 Å². The Morgan fingerprint density at radius 2 is 1.83 bits per heavy atom. The maximum absolute atomic E-state index is 11.4. The molecule has 1 aliphatic rings. The van der Waals surface area contributed by atoms with E-state index in [0.29, 0.717) is 12.8 Å². The molecule has 1 saturated heterocycles. The third-order valence-electron chi connectivity index (χ3n) is 3.68. The van der Waals surface area contributed by atoms with Crippen molar-refractivity contribution in [3.05, 3.63) is 0 Å². The molecule has 1 N–H and O–H groups in total. The van der Waals surface area contributed by atoms with Gasteiger partial charge in [-0.15, -0.1) is 0 Å². The van der Waals surface area contributed by atoms with E-state index in [0.717, 1.165) is 26.2 Å². The van der Waals surface area contributed by atoms with Gasteiger partial charge in [0.15, 0.2) is 9.84 Å². The van der Waals surface area contributed by atoms with Gasteiger partial charge in [-0.3, -0.25) is 5.32 Å². The van der Waals surface area contributed by atoms with E-state index in [1.807, 2.05) is 0 Å². The zero-order valence-electron chi connectivity index (χ0n) is 11.3. The van der Waals surface area contributed by atoms with Crippen LogP contribution in [0.2, 0.25) is 0 Å². The molecule has 0 aromatic carbocycles. The summed E-state index contributed by atoms with van der Waals surface area (Å²) >= 11 is 0. The van der Waals surface area contributed by atoms with Crippen LogP contribution in [0, 0.1) is 11.3 Å². The zero-order chi connectivity index (χ0) is 13.6. The summed E-state index contributed by atoms with van der Waals surface area (Å²) in [7, 11) is -2.92. The molecule has 6 heteroatoms. The second-order valence-electron chi connectivity index (χ2n) is 4.80. The first-order valence-electron chi connectivity index (χ1n) is 6.56. The van der Waals surface area contributed by atoms with Crippen LogP contribution in [-0.2, 0) is 9.84 Å². The van der Waals surface area contributed by atoms with Crippen LogP contribution in [-0.4, -0.2) is 56.5 Å². The van der Waals surface area contributed by atoms with Crippen LogP contribution in [0.3, 0.4) is 0 Å². The molecule has 18 heavy (non-hydrogen) atoms. The molecule has 0 amide bonds. The highest BCUT2D eigenvalue weighted by atomic mass is 32.2. The average Bonchev–Trinajstić information content (AvgIpc) is 2.37. The van der Waals surface area contributed by atoms with E-state index in [9.17, 15) is 13.7 Å². The number of nitrogens with one attached hydrogen (secondary N) is 1. The van der Waals surface area contributed by atoms with Crippen LogP contribution < -0.4 is 5.32 Å². The molecular weight excluding hydrogens is 250 g/mol. The highest BCUT2D eigenvalue weighted by Crippen LogP contribution is 2.22. The maximum atomic E-state index is 11.4. The highest BCUT2D eigenvalue weighted by molar-refractivity contribution is 7.91. The lowest BCUT2D eigenvalue weighted by Crippen LogP contribution is -2.51. The van der Waals surface area contributed by atoms with Gasteiger partial charge in [0.05, 0.1) is 17.6 Å². The predicted molar refractivity (Wildman–Crippen MR) is 72.0 cm³/mol. The van der Waals surface area contributed by atoms with E-state index in [2.05, 4.69) is 30.1 Å². The molecule has 1 heterocycles. The fourth-order valence-corrected chi connectivity index (χ4v) is 3.73. The van der Waals surface area contributed by atoms with Crippen molar-refractivity contribution >= 4 is 9.84 Å². The third-order valence-corrected chi connectivity index (χ3v) is 5.33. The lowest BCUT2D eigenvalue weighted by Gasteiger charge is -2.32. The Labute approximate surface area is 110 Å². The van der Waals surface area contributed by atoms with Crippen molar-refractivity contribution in [2.45, 2.75) is 32.2 Å². The fraction of sp³-hybridized carbons (Fsp3) is 0.917. The van der Waals surface area contributed by atoms with Crippen LogP contribution in [0.4, 0.5) is 0 Å². The van der Waals surface area contributed by atoms with Crippen molar-refractivity contribution in [3.63, 3.8) is 0 Å². The Hall–Kier alpha value is -0.640. The van der Waals surface area contributed by atoms with E-state index >= 15 is 0 Å². The van der Waals surface area contributed by atoms with Gasteiger partial charge >= 0.3 is 0 Å². The maximum Gasteiger partial charge on any atom is 0.150 e. The summed E-state index contributed by atoms with van der Waals surface area (Å²) in [5.74, 6) is 0.248. The summed E-state index contributed by atoms with van der Waals surface area (Å²) in [4.78, 5) is 2.28. The number of hydrogen-bond donors (Lipinski definition) is 1. The lowest BCUT2D eigenvalue weighted by molar-refractivity contribution is 0.279. The molecule has 0 unspecified atom stereocenters. The van der Waals surface area contributed by atoms with Crippen LogP contribution in [0.5, 0.6) is 0 Å². The first-order chi connectivity index (χ1) is 8.47. The topological polar surface area (TPSA) is 73.2 Å². The molecule has 5 nitrogen and oxygen atoms in total. The van der Waals surface area contributed by atoms with E-state index in [4.69, 9.17) is 0 Å². The minimum absolute atomic E-state index is 0.124. The van der Waals surface area contributed by atoms with Gasteiger partial charge in [-0.25, -0.2) is 8.42 Å². The lowest BCUT2D eigenvalue weighted by atomic mass is 9.94. The molecule has 1 rings (SSSR count). The second-order valence-corrected chi connectivity index (χ2v) is 7.10. The number of sulfone groups is 1. The van der Waals surface area contributed by atoms with Gasteiger partial charge in [-0.1, -0.05) is 13.8 Å². The molecule has 104 valence electrons. The van der Waals surface area contributed by atoms with Gasteiger partial charge in [0.25, 0.3) is 0 Å². The molecule has 0 spiro atoms. The smallest absolute Gasteiger partial charge is 0.150 e. The van der Waals surface area contributed by atoms with Crippen molar-refractivity contribution in [2.75, 3.05) is 37.7 Å². The summed E-state index contributed by atoms with van der Waals surface area (Å²) < 4.78 is 22.8. The largest absolute Gasteiger partial charge is 0.303 e. The number of nitriles is 1. The number of nitrogens with zero attached hydrogens (tertiary/aromatic N) is 2. The van der Waals surface area contributed by atoms with E-state index in [-0.39, 0.29) is 11.5 Å². The van der Waals surface area contributed by atoms with E-state index in [1.54, 1.807) is 0 Å². The minimum atomic E-state index is -2.92. The first kappa shape index (κ1) is 15.4. The molecular formula is C12H23N3O2S. The standard InChI is InChI=1S/C12H23N3O2S/c1-3-15(4-2)8-7-14-12(11-13)5-9-18(16,17)10-6-12/h14H,3-10H2,1-2H3. The van der Waals surface area contributed by atoms with Gasteiger partial charge in [-0.05, 0) is 25.9 Å². The molecule has 0 aromatic heterocycles. The van der Waals surface area contributed by atoms with Gasteiger partial charge < -0.3 is 4.90 Å². The van der Waals surface area contributed by atoms with Crippen molar-refractivity contribution in [1.82, 2.24) is 10.2 Å². The molecule has 0 bridgehead atoms. The molecule has 1 fully saturated rings. The molecule has 0 aliphatic carbocycles. The molecule has 0 radical (unpaired) electrons. The van der Waals surface area contributed by atoms with E-state index in [1.165, 1.54) is 0 Å². The molecule has 0 atom stereocenters. The van der Waals surface area contributed by atoms with Crippen molar-refractivity contribution in [1.29, 1.82) is 5.26 Å². The van der Waals surface area contributed by atoms with E-state index < -0.39 is 15.4 Å². The van der Waals surface area contributed by atoms with Gasteiger partial charge in [-0.2, -0.15) is 5.26 Å². The van der Waals surface area contributed by atoms with Crippen molar-refractivity contribution < 1.29 is 8.42 Å². The number of hydrogen-bond acceptors (Lipinski definition) is 5. The Bertz CT molecular complexity index is 382. The average molecular weight is 273 g/mol. The second kappa shape index (κ2) is 6.50. The summed E-state index contributed by atoms with van der Waals surface area (Å²) in [6, 6.07) is 2.27. The van der Waals surface area contributed by atoms with Gasteiger partial charge in [0, 0.05) is 13.1 Å². The van der Waals surface area contributed by atoms with Gasteiger partial charge in [0.2, 0.25) is 0 Å². The third kappa shape index (κ3) is 4.23. The van der Waals surface area contributed by atoms with Crippen LogP contribution >= 0.6 is 0 Å². The molecule has 0 aromatic rings.